The molecule has 0 aliphatic carbocycles. The van der Waals surface area contributed by atoms with Crippen molar-refractivity contribution in [1.82, 2.24) is 4.90 Å². The van der Waals surface area contributed by atoms with Crippen molar-refractivity contribution in [2.45, 2.75) is 46.7 Å². The number of ether oxygens (including phenoxy) is 1. The van der Waals surface area contributed by atoms with E-state index in [0.29, 0.717) is 11.3 Å². The Labute approximate surface area is 120 Å². The summed E-state index contributed by atoms with van der Waals surface area (Å²) in [5, 5.41) is 0. The molecule has 0 atom stereocenters. The summed E-state index contributed by atoms with van der Waals surface area (Å²) in [5.74, 6) is 0.569. The number of hydrogen-bond donors (Lipinski definition) is 0. The van der Waals surface area contributed by atoms with Gasteiger partial charge in [-0.15, -0.1) is 0 Å². The van der Waals surface area contributed by atoms with Crippen molar-refractivity contribution in [2.75, 3.05) is 6.61 Å². The monoisotopic (exact) mass is 277 g/mol. The molecule has 0 bridgehead atoms. The first-order valence-electron chi connectivity index (χ1n) is 6.88. The highest BCUT2D eigenvalue weighted by Crippen LogP contribution is 2.13. The normalized spacial score (nSPS) is 10.8. The summed E-state index contributed by atoms with van der Waals surface area (Å²) < 4.78 is 5.48. The van der Waals surface area contributed by atoms with Crippen molar-refractivity contribution in [3.63, 3.8) is 0 Å². The Morgan fingerprint density at radius 2 is 1.55 bits per heavy atom. The first-order chi connectivity index (χ1) is 9.32. The Kier molecular flexibility index (Phi) is 5.74. The number of nitrogens with zero attached hydrogens (tertiary/aromatic N) is 1. The maximum atomic E-state index is 12.1. The summed E-state index contributed by atoms with van der Waals surface area (Å²) in [4.78, 5) is 25.1. The minimum atomic E-state index is -0.0364. The van der Waals surface area contributed by atoms with Crippen molar-refractivity contribution < 1.29 is 14.3 Å². The molecule has 0 aliphatic rings. The maximum Gasteiger partial charge on any atom is 0.260 e. The fourth-order valence-corrected chi connectivity index (χ4v) is 2.18. The molecule has 0 heterocycles. The van der Waals surface area contributed by atoms with Gasteiger partial charge in [-0.2, -0.15) is 0 Å². The van der Waals surface area contributed by atoms with Crippen molar-refractivity contribution in [2.24, 2.45) is 0 Å². The van der Waals surface area contributed by atoms with Gasteiger partial charge in [0, 0.05) is 17.6 Å². The lowest BCUT2D eigenvalue weighted by molar-refractivity contribution is -0.136. The Bertz CT molecular complexity index is 455. The van der Waals surface area contributed by atoms with Crippen LogP contribution in [0.25, 0.3) is 0 Å². The molecule has 1 rings (SSSR count). The third kappa shape index (κ3) is 4.37. The summed E-state index contributed by atoms with van der Waals surface area (Å²) >= 11 is 0. The number of carbonyl (C=O) groups is 2. The molecule has 1 aromatic rings. The number of rotatable bonds is 6. The number of benzene rings is 1. The number of ketones is 1. The van der Waals surface area contributed by atoms with Gasteiger partial charge in [-0.1, -0.05) is 0 Å². The fourth-order valence-electron chi connectivity index (χ4n) is 2.18. The SMILES string of the molecule is CC(=O)c1ccc(OCC(=O)N(C(C)C)C(C)C)cc1. The first kappa shape index (κ1) is 16.2. The molecular formula is C16H23NO3. The van der Waals surface area contributed by atoms with E-state index >= 15 is 0 Å². The van der Waals surface area contributed by atoms with Crippen LogP contribution >= 0.6 is 0 Å². The van der Waals surface area contributed by atoms with Crippen LogP contribution in [0.3, 0.4) is 0 Å². The van der Waals surface area contributed by atoms with E-state index in [9.17, 15) is 9.59 Å². The van der Waals surface area contributed by atoms with Crippen LogP contribution < -0.4 is 4.74 Å². The van der Waals surface area contributed by atoms with Crippen LogP contribution in [0.2, 0.25) is 0 Å². The van der Waals surface area contributed by atoms with Crippen LogP contribution in [0.15, 0.2) is 24.3 Å². The number of amides is 1. The van der Waals surface area contributed by atoms with Gasteiger partial charge in [0.05, 0.1) is 0 Å². The second kappa shape index (κ2) is 7.08. The lowest BCUT2D eigenvalue weighted by Crippen LogP contribution is -2.44. The van der Waals surface area contributed by atoms with E-state index in [2.05, 4.69) is 0 Å². The number of hydrogen-bond acceptors (Lipinski definition) is 3. The van der Waals surface area contributed by atoms with Crippen molar-refractivity contribution in [1.29, 1.82) is 0 Å². The summed E-state index contributed by atoms with van der Waals surface area (Å²) in [5.41, 5.74) is 0.634. The summed E-state index contributed by atoms with van der Waals surface area (Å²) in [6.45, 7) is 9.47. The third-order valence-corrected chi connectivity index (χ3v) is 3.02. The second-order valence-corrected chi connectivity index (χ2v) is 5.36. The Balaban J connectivity index is 2.62. The van der Waals surface area contributed by atoms with Crippen LogP contribution in [-0.2, 0) is 4.79 Å². The zero-order valence-electron chi connectivity index (χ0n) is 12.8. The van der Waals surface area contributed by atoms with Gasteiger partial charge in [-0.25, -0.2) is 0 Å². The van der Waals surface area contributed by atoms with Crippen molar-refractivity contribution in [3.8, 4) is 5.75 Å². The third-order valence-electron chi connectivity index (χ3n) is 3.02. The minimum Gasteiger partial charge on any atom is -0.484 e. The molecule has 0 radical (unpaired) electrons. The summed E-state index contributed by atoms with van der Waals surface area (Å²) in [6.07, 6.45) is 0. The highest BCUT2D eigenvalue weighted by atomic mass is 16.5. The van der Waals surface area contributed by atoms with Gasteiger partial charge in [-0.3, -0.25) is 9.59 Å². The minimum absolute atomic E-state index is 0.00970. The zero-order valence-corrected chi connectivity index (χ0v) is 12.8. The average molecular weight is 277 g/mol. The Morgan fingerprint density at radius 1 is 1.05 bits per heavy atom. The molecule has 110 valence electrons. The van der Waals surface area contributed by atoms with Crippen molar-refractivity contribution >= 4 is 11.7 Å². The van der Waals surface area contributed by atoms with E-state index < -0.39 is 0 Å². The predicted octanol–water partition coefficient (Wildman–Crippen LogP) is 2.91. The molecule has 0 fully saturated rings. The molecule has 0 N–H and O–H groups in total. The molecule has 0 spiro atoms. The van der Waals surface area contributed by atoms with E-state index in [1.807, 2.05) is 27.7 Å². The molecule has 4 nitrogen and oxygen atoms in total. The van der Waals surface area contributed by atoms with Gasteiger partial charge in [-0.05, 0) is 58.9 Å². The van der Waals surface area contributed by atoms with Gasteiger partial charge >= 0.3 is 0 Å². The molecule has 0 unspecified atom stereocenters. The Morgan fingerprint density at radius 3 is 1.95 bits per heavy atom. The maximum absolute atomic E-state index is 12.1. The van der Waals surface area contributed by atoms with Gasteiger partial charge < -0.3 is 9.64 Å². The molecule has 4 heteroatoms. The molecule has 0 saturated carbocycles. The standard InChI is InChI=1S/C16H23NO3/c1-11(2)17(12(3)4)16(19)10-20-15-8-6-14(7-9-15)13(5)18/h6-9,11-12H,10H2,1-5H3. The van der Waals surface area contributed by atoms with Gasteiger partial charge in [0.25, 0.3) is 5.91 Å². The van der Waals surface area contributed by atoms with Crippen LogP contribution in [-0.4, -0.2) is 35.3 Å². The van der Waals surface area contributed by atoms with Crippen LogP contribution in [0.5, 0.6) is 5.75 Å². The highest BCUT2D eigenvalue weighted by molar-refractivity contribution is 5.94. The average Bonchev–Trinajstić information content (AvgIpc) is 2.36. The van der Waals surface area contributed by atoms with E-state index in [0.717, 1.165) is 0 Å². The van der Waals surface area contributed by atoms with E-state index in [1.54, 1.807) is 29.2 Å². The lowest BCUT2D eigenvalue weighted by atomic mass is 10.1. The van der Waals surface area contributed by atoms with Gasteiger partial charge in [0.15, 0.2) is 12.4 Å². The summed E-state index contributed by atoms with van der Waals surface area (Å²) in [7, 11) is 0. The Hall–Kier alpha value is -1.84. The fraction of sp³-hybridized carbons (Fsp3) is 0.500. The van der Waals surface area contributed by atoms with Gasteiger partial charge in [0.1, 0.15) is 5.75 Å². The predicted molar refractivity (Wildman–Crippen MR) is 79.1 cm³/mol. The van der Waals surface area contributed by atoms with Crippen LogP contribution in [0, 0.1) is 0 Å². The molecule has 20 heavy (non-hydrogen) atoms. The molecule has 1 aromatic carbocycles. The number of Topliss-reactive ketones (excluding diaryl/α,β-unsaturated/α-hetero) is 1. The largest absolute Gasteiger partial charge is 0.484 e. The second-order valence-electron chi connectivity index (χ2n) is 5.36. The molecule has 0 aromatic heterocycles. The molecule has 0 aliphatic heterocycles. The van der Waals surface area contributed by atoms with Crippen LogP contribution in [0.4, 0.5) is 0 Å². The summed E-state index contributed by atoms with van der Waals surface area (Å²) in [6, 6.07) is 7.10. The molecule has 0 saturated heterocycles. The molecular weight excluding hydrogens is 254 g/mol. The van der Waals surface area contributed by atoms with E-state index in [-0.39, 0.29) is 30.4 Å². The first-order valence-corrected chi connectivity index (χ1v) is 6.88. The van der Waals surface area contributed by atoms with Gasteiger partial charge in [0.2, 0.25) is 0 Å². The van der Waals surface area contributed by atoms with E-state index in [1.165, 1.54) is 6.92 Å². The molecule has 1 amide bonds. The lowest BCUT2D eigenvalue weighted by Gasteiger charge is -2.30. The zero-order chi connectivity index (χ0) is 15.3. The number of carbonyl (C=O) groups excluding carboxylic acids is 2. The van der Waals surface area contributed by atoms with Crippen LogP contribution in [0.1, 0.15) is 45.0 Å². The van der Waals surface area contributed by atoms with Crippen molar-refractivity contribution in [3.05, 3.63) is 29.8 Å². The topological polar surface area (TPSA) is 46.6 Å². The van der Waals surface area contributed by atoms with E-state index in [4.69, 9.17) is 4.74 Å². The quantitative estimate of drug-likeness (QED) is 0.751. The highest BCUT2D eigenvalue weighted by Gasteiger charge is 2.20. The smallest absolute Gasteiger partial charge is 0.260 e.